The van der Waals surface area contributed by atoms with E-state index in [2.05, 4.69) is 110 Å². The number of allylic oxidation sites excluding steroid dienone is 1. The molecule has 0 radical (unpaired) electrons. The molecule has 0 aliphatic heterocycles. The normalized spacial score (nSPS) is 12.8. The Kier molecular flexibility index (Phi) is 11.8. The van der Waals surface area contributed by atoms with Crippen LogP contribution in [0.2, 0.25) is 0 Å². The summed E-state index contributed by atoms with van der Waals surface area (Å²) >= 11 is 0. The van der Waals surface area contributed by atoms with Gasteiger partial charge in [-0.15, -0.1) is 0 Å². The number of likely N-dealkylation sites (N-methyl/N-ethyl adjacent to an activating group) is 1. The standard InChI is InChI=1S/C33H44N2O/c1-5-8-22-35-25-26(6-2)27-14-16-29(17-15-27)33(32(7-3)28-12-10-9-11-13-28)30-18-20-31(21-19-30)36-24-23-34-4/h9-21,26,34-35H,5-8,22-25H2,1-4H3/b33-32-. The summed E-state index contributed by atoms with van der Waals surface area (Å²) in [7, 11) is 1.94. The lowest BCUT2D eigenvalue weighted by atomic mass is 9.87. The Morgan fingerprint density at radius 1 is 0.778 bits per heavy atom. The maximum Gasteiger partial charge on any atom is 0.119 e. The lowest BCUT2D eigenvalue weighted by molar-refractivity contribution is 0.318. The molecule has 0 aliphatic rings. The lowest BCUT2D eigenvalue weighted by Crippen LogP contribution is -2.22. The largest absolute Gasteiger partial charge is 0.492 e. The number of hydrogen-bond donors (Lipinski definition) is 2. The Bertz CT molecular complexity index is 1040. The second kappa shape index (κ2) is 15.3. The van der Waals surface area contributed by atoms with Crippen LogP contribution in [0.3, 0.4) is 0 Å². The Morgan fingerprint density at radius 3 is 2.03 bits per heavy atom. The first kappa shape index (κ1) is 27.7. The Balaban J connectivity index is 1.95. The van der Waals surface area contributed by atoms with Crippen LogP contribution in [0.4, 0.5) is 0 Å². The molecule has 0 fully saturated rings. The quantitative estimate of drug-likeness (QED) is 0.173. The molecule has 0 aliphatic carbocycles. The highest BCUT2D eigenvalue weighted by Gasteiger charge is 2.15. The number of unbranched alkanes of at least 4 members (excludes halogenated alkanes) is 1. The monoisotopic (exact) mass is 484 g/mol. The molecule has 3 aromatic carbocycles. The second-order valence-corrected chi connectivity index (χ2v) is 9.33. The minimum Gasteiger partial charge on any atom is -0.492 e. The van der Waals surface area contributed by atoms with Gasteiger partial charge < -0.3 is 15.4 Å². The summed E-state index contributed by atoms with van der Waals surface area (Å²) in [5, 5.41) is 6.77. The van der Waals surface area contributed by atoms with Gasteiger partial charge in [0, 0.05) is 13.1 Å². The van der Waals surface area contributed by atoms with Crippen molar-refractivity contribution in [3.8, 4) is 5.75 Å². The zero-order chi connectivity index (χ0) is 25.6. The maximum atomic E-state index is 5.88. The molecule has 3 aromatic rings. The first-order chi connectivity index (χ1) is 17.7. The van der Waals surface area contributed by atoms with Crippen molar-refractivity contribution in [2.24, 2.45) is 0 Å². The van der Waals surface area contributed by atoms with Crippen LogP contribution in [0.15, 0.2) is 78.9 Å². The summed E-state index contributed by atoms with van der Waals surface area (Å²) in [6, 6.07) is 28.6. The molecule has 0 heterocycles. The molecule has 0 amide bonds. The highest BCUT2D eigenvalue weighted by atomic mass is 16.5. The molecule has 0 aromatic heterocycles. The summed E-state index contributed by atoms with van der Waals surface area (Å²) < 4.78 is 5.88. The van der Waals surface area contributed by atoms with Crippen LogP contribution in [0.5, 0.6) is 5.75 Å². The fraction of sp³-hybridized carbons (Fsp3) is 0.394. The van der Waals surface area contributed by atoms with Gasteiger partial charge in [-0.1, -0.05) is 93.9 Å². The van der Waals surface area contributed by atoms with Crippen LogP contribution in [-0.4, -0.2) is 33.3 Å². The van der Waals surface area contributed by atoms with Crippen molar-refractivity contribution in [2.45, 2.75) is 52.4 Å². The van der Waals surface area contributed by atoms with Crippen LogP contribution >= 0.6 is 0 Å². The minimum atomic E-state index is 0.539. The van der Waals surface area contributed by atoms with E-state index in [1.54, 1.807) is 0 Å². The van der Waals surface area contributed by atoms with E-state index in [9.17, 15) is 0 Å². The summed E-state index contributed by atoms with van der Waals surface area (Å²) in [5.41, 5.74) is 7.83. The first-order valence-corrected chi connectivity index (χ1v) is 13.7. The molecule has 192 valence electrons. The van der Waals surface area contributed by atoms with Crippen LogP contribution in [-0.2, 0) is 0 Å². The Hall–Kier alpha value is -2.88. The van der Waals surface area contributed by atoms with Crippen molar-refractivity contribution < 1.29 is 4.74 Å². The van der Waals surface area contributed by atoms with E-state index in [1.807, 2.05) is 7.05 Å². The number of nitrogens with one attached hydrogen (secondary N) is 2. The van der Waals surface area contributed by atoms with E-state index in [0.29, 0.717) is 12.5 Å². The van der Waals surface area contributed by atoms with Gasteiger partial charge in [-0.2, -0.15) is 0 Å². The summed E-state index contributed by atoms with van der Waals surface area (Å²) in [4.78, 5) is 0. The number of benzene rings is 3. The van der Waals surface area contributed by atoms with E-state index in [4.69, 9.17) is 4.74 Å². The third-order valence-corrected chi connectivity index (χ3v) is 6.80. The predicted octanol–water partition coefficient (Wildman–Crippen LogP) is 7.54. The van der Waals surface area contributed by atoms with Gasteiger partial charge in [0.15, 0.2) is 0 Å². The molecular weight excluding hydrogens is 440 g/mol. The van der Waals surface area contributed by atoms with E-state index < -0.39 is 0 Å². The van der Waals surface area contributed by atoms with Crippen LogP contribution in [0.1, 0.15) is 74.6 Å². The molecule has 3 nitrogen and oxygen atoms in total. The molecule has 0 bridgehead atoms. The van der Waals surface area contributed by atoms with Crippen molar-refractivity contribution in [3.63, 3.8) is 0 Å². The van der Waals surface area contributed by atoms with Gasteiger partial charge in [0.05, 0.1) is 0 Å². The van der Waals surface area contributed by atoms with E-state index in [-0.39, 0.29) is 0 Å². The SMILES string of the molecule is CCCCNCC(CC)c1ccc(/C(=C(\CC)c2ccccc2)c2ccc(OCCNC)cc2)cc1. The highest BCUT2D eigenvalue weighted by molar-refractivity contribution is 5.98. The van der Waals surface area contributed by atoms with Gasteiger partial charge in [0.25, 0.3) is 0 Å². The van der Waals surface area contributed by atoms with Crippen LogP contribution in [0.25, 0.3) is 11.1 Å². The maximum absolute atomic E-state index is 5.88. The summed E-state index contributed by atoms with van der Waals surface area (Å²) in [6.07, 6.45) is 4.57. The Labute approximate surface area is 219 Å². The fourth-order valence-electron chi connectivity index (χ4n) is 4.67. The minimum absolute atomic E-state index is 0.539. The average Bonchev–Trinajstić information content (AvgIpc) is 2.93. The third kappa shape index (κ3) is 7.81. The third-order valence-electron chi connectivity index (χ3n) is 6.80. The fourth-order valence-corrected chi connectivity index (χ4v) is 4.67. The molecule has 1 atom stereocenters. The molecular formula is C33H44N2O. The van der Waals surface area contributed by atoms with Gasteiger partial charge in [-0.05, 0) is 84.3 Å². The second-order valence-electron chi connectivity index (χ2n) is 9.33. The van der Waals surface area contributed by atoms with Gasteiger partial charge >= 0.3 is 0 Å². The molecule has 3 heteroatoms. The Morgan fingerprint density at radius 2 is 1.44 bits per heavy atom. The number of hydrogen-bond acceptors (Lipinski definition) is 3. The highest BCUT2D eigenvalue weighted by Crippen LogP contribution is 2.35. The van der Waals surface area contributed by atoms with Crippen LogP contribution < -0.4 is 15.4 Å². The number of ether oxygens (including phenoxy) is 1. The van der Waals surface area contributed by atoms with Crippen molar-refractivity contribution in [1.29, 1.82) is 0 Å². The van der Waals surface area contributed by atoms with E-state index >= 15 is 0 Å². The van der Waals surface area contributed by atoms with Gasteiger partial charge in [-0.3, -0.25) is 0 Å². The molecule has 3 rings (SSSR count). The first-order valence-electron chi connectivity index (χ1n) is 13.7. The topological polar surface area (TPSA) is 33.3 Å². The smallest absolute Gasteiger partial charge is 0.119 e. The van der Waals surface area contributed by atoms with Crippen molar-refractivity contribution in [1.82, 2.24) is 10.6 Å². The summed E-state index contributed by atoms with van der Waals surface area (Å²) in [6.45, 7) is 10.4. The van der Waals surface area contributed by atoms with E-state index in [1.165, 1.54) is 46.2 Å². The predicted molar refractivity (Wildman–Crippen MR) is 156 cm³/mol. The van der Waals surface area contributed by atoms with Crippen molar-refractivity contribution in [3.05, 3.63) is 101 Å². The lowest BCUT2D eigenvalue weighted by Gasteiger charge is -2.19. The number of rotatable bonds is 15. The molecule has 36 heavy (non-hydrogen) atoms. The zero-order valence-electron chi connectivity index (χ0n) is 22.6. The van der Waals surface area contributed by atoms with Crippen molar-refractivity contribution in [2.75, 3.05) is 33.3 Å². The molecule has 0 saturated carbocycles. The van der Waals surface area contributed by atoms with Crippen LogP contribution in [0, 0.1) is 0 Å². The van der Waals surface area contributed by atoms with Crippen molar-refractivity contribution >= 4 is 11.1 Å². The zero-order valence-corrected chi connectivity index (χ0v) is 22.6. The molecule has 2 N–H and O–H groups in total. The molecule has 1 unspecified atom stereocenters. The summed E-state index contributed by atoms with van der Waals surface area (Å²) in [5.74, 6) is 1.44. The van der Waals surface area contributed by atoms with Gasteiger partial charge in [0.1, 0.15) is 12.4 Å². The van der Waals surface area contributed by atoms with E-state index in [0.717, 1.165) is 38.2 Å². The molecule has 0 spiro atoms. The van der Waals surface area contributed by atoms with Gasteiger partial charge in [0.2, 0.25) is 0 Å². The average molecular weight is 485 g/mol. The van der Waals surface area contributed by atoms with Gasteiger partial charge in [-0.25, -0.2) is 0 Å². The molecule has 0 saturated heterocycles.